The van der Waals surface area contributed by atoms with Gasteiger partial charge in [-0.25, -0.2) is 12.8 Å². The first-order valence-electron chi connectivity index (χ1n) is 18.6. The van der Waals surface area contributed by atoms with Crippen molar-refractivity contribution in [2.75, 3.05) is 26.9 Å². The van der Waals surface area contributed by atoms with E-state index in [4.69, 9.17) is 19.2 Å². The van der Waals surface area contributed by atoms with Gasteiger partial charge in [-0.2, -0.15) is 4.98 Å². The van der Waals surface area contributed by atoms with Gasteiger partial charge in [0, 0.05) is 29.7 Å². The van der Waals surface area contributed by atoms with Gasteiger partial charge in [-0.05, 0) is 86.8 Å². The number of benzene rings is 1. The molecular weight excluding hydrogens is 692 g/mol. The lowest BCUT2D eigenvalue weighted by atomic mass is 9.88. The number of hydrogen-bond acceptors (Lipinski definition) is 9. The number of sulfonamides is 1. The van der Waals surface area contributed by atoms with Crippen molar-refractivity contribution in [3.05, 3.63) is 35.9 Å². The summed E-state index contributed by atoms with van der Waals surface area (Å²) in [5.74, 6) is -0.130. The number of alkyl halides is 1. The molecule has 4 heterocycles. The van der Waals surface area contributed by atoms with Gasteiger partial charge in [0.15, 0.2) is 0 Å². The summed E-state index contributed by atoms with van der Waals surface area (Å²) < 4.78 is 58.5. The standard InChI is InChI=1S/C38H49FN4O8S/c1-4-24-16-23(2)8-5-6-9-25-20-38(25,36(46)42-52(47,48)37(22-39)13-14-37)41-33(45)31-19-27(21-43(31)32(44)17-24)51-35-29-12-11-26(49-3)18-30(29)28-10-7-15-50-34(28)40-35/h6,9,11-12,18,23-25,27,31H,4-5,7-8,10,13-17,19-22H2,1-3H3,(H,41,45)(H,42,46)/b9-6-/t23-,24+,25+,27+,31-,38+/m0/s1. The third-order valence-corrected chi connectivity index (χ3v) is 13.9. The van der Waals surface area contributed by atoms with Crippen molar-refractivity contribution in [3.63, 3.8) is 0 Å². The van der Waals surface area contributed by atoms with Crippen LogP contribution in [0.3, 0.4) is 0 Å². The maximum absolute atomic E-state index is 14.3. The minimum Gasteiger partial charge on any atom is -0.497 e. The van der Waals surface area contributed by atoms with Gasteiger partial charge in [-0.3, -0.25) is 19.1 Å². The number of allylic oxidation sites excluding steroid dienone is 1. The minimum absolute atomic E-state index is 0.121. The zero-order valence-electron chi connectivity index (χ0n) is 30.1. The highest BCUT2D eigenvalue weighted by molar-refractivity contribution is 7.91. The van der Waals surface area contributed by atoms with Gasteiger partial charge in [0.2, 0.25) is 33.6 Å². The molecule has 5 aliphatic rings. The summed E-state index contributed by atoms with van der Waals surface area (Å²) in [6.45, 7) is 3.79. The van der Waals surface area contributed by atoms with E-state index in [1.54, 1.807) is 12.0 Å². The van der Waals surface area contributed by atoms with Crippen molar-refractivity contribution < 1.29 is 41.4 Å². The average molecular weight is 741 g/mol. The average Bonchev–Trinajstić information content (AvgIpc) is 4.04. The highest BCUT2D eigenvalue weighted by Gasteiger charge is 2.64. The zero-order chi connectivity index (χ0) is 36.8. The first kappa shape index (κ1) is 36.4. The van der Waals surface area contributed by atoms with Crippen molar-refractivity contribution in [1.82, 2.24) is 19.9 Å². The van der Waals surface area contributed by atoms with Gasteiger partial charge in [0.05, 0.1) is 20.3 Å². The Morgan fingerprint density at radius 3 is 2.75 bits per heavy atom. The summed E-state index contributed by atoms with van der Waals surface area (Å²) in [4.78, 5) is 48.5. The second-order valence-corrected chi connectivity index (χ2v) is 17.5. The number of carbonyl (C=O) groups is 3. The molecule has 1 aromatic heterocycles. The largest absolute Gasteiger partial charge is 0.497 e. The van der Waals surface area contributed by atoms with Gasteiger partial charge >= 0.3 is 0 Å². The van der Waals surface area contributed by atoms with Crippen LogP contribution in [0.4, 0.5) is 4.39 Å². The molecule has 2 saturated carbocycles. The summed E-state index contributed by atoms with van der Waals surface area (Å²) in [6.07, 6.45) is 9.00. The summed E-state index contributed by atoms with van der Waals surface area (Å²) in [5.41, 5.74) is -0.579. The van der Waals surface area contributed by atoms with Gasteiger partial charge in [-0.15, -0.1) is 0 Å². The fourth-order valence-corrected chi connectivity index (χ4v) is 9.59. The van der Waals surface area contributed by atoms with Gasteiger partial charge in [-0.1, -0.05) is 32.4 Å². The molecular formula is C38H49FN4O8S. The van der Waals surface area contributed by atoms with Crippen molar-refractivity contribution in [2.24, 2.45) is 17.8 Å². The molecule has 12 nitrogen and oxygen atoms in total. The summed E-state index contributed by atoms with van der Waals surface area (Å²) in [5, 5.41) is 4.54. The Morgan fingerprint density at radius 2 is 2.02 bits per heavy atom. The van der Waals surface area contributed by atoms with Crippen LogP contribution in [-0.2, 0) is 30.8 Å². The molecule has 0 unspecified atom stereocenters. The maximum Gasteiger partial charge on any atom is 0.259 e. The van der Waals surface area contributed by atoms with E-state index < -0.39 is 56.9 Å². The smallest absolute Gasteiger partial charge is 0.259 e. The van der Waals surface area contributed by atoms with Crippen LogP contribution in [0.1, 0.15) is 83.6 Å². The van der Waals surface area contributed by atoms with Crippen LogP contribution in [0, 0.1) is 17.8 Å². The number of pyridine rings is 1. The Labute approximate surface area is 304 Å². The molecule has 3 fully saturated rings. The number of amides is 3. The molecule has 52 heavy (non-hydrogen) atoms. The van der Waals surface area contributed by atoms with Crippen LogP contribution in [-0.4, -0.2) is 85.4 Å². The molecule has 0 radical (unpaired) electrons. The number of methoxy groups -OCH3 is 1. The highest BCUT2D eigenvalue weighted by Crippen LogP contribution is 2.48. The minimum atomic E-state index is -4.32. The second-order valence-electron chi connectivity index (χ2n) is 15.4. The quantitative estimate of drug-likeness (QED) is 0.372. The number of ether oxygens (including phenoxy) is 3. The normalized spacial score (nSPS) is 30.7. The van der Waals surface area contributed by atoms with E-state index in [9.17, 15) is 27.2 Å². The Hall–Kier alpha value is -3.94. The molecule has 1 saturated heterocycles. The van der Waals surface area contributed by atoms with Crippen molar-refractivity contribution >= 4 is 38.5 Å². The van der Waals surface area contributed by atoms with Crippen LogP contribution in [0.25, 0.3) is 10.8 Å². The molecule has 2 N–H and O–H groups in total. The molecule has 3 amide bonds. The van der Waals surface area contributed by atoms with Crippen molar-refractivity contribution in [2.45, 2.75) is 107 Å². The summed E-state index contributed by atoms with van der Waals surface area (Å²) >= 11 is 0. The van der Waals surface area contributed by atoms with E-state index in [-0.39, 0.29) is 50.5 Å². The Bertz CT molecular complexity index is 1880. The topological polar surface area (TPSA) is 153 Å². The first-order chi connectivity index (χ1) is 24.9. The molecule has 6 atom stereocenters. The van der Waals surface area contributed by atoms with E-state index in [1.807, 2.05) is 30.4 Å². The lowest BCUT2D eigenvalue weighted by molar-refractivity contribution is -0.140. The van der Waals surface area contributed by atoms with Crippen molar-refractivity contribution in [1.29, 1.82) is 0 Å². The van der Waals surface area contributed by atoms with Crippen LogP contribution < -0.4 is 24.2 Å². The van der Waals surface area contributed by atoms with E-state index >= 15 is 0 Å². The van der Waals surface area contributed by atoms with Gasteiger partial charge in [0.1, 0.15) is 34.9 Å². The maximum atomic E-state index is 14.3. The third kappa shape index (κ3) is 6.82. The zero-order valence-corrected chi connectivity index (χ0v) is 30.9. The van der Waals surface area contributed by atoms with E-state index in [1.165, 1.54) is 0 Å². The number of carbonyl (C=O) groups excluding carboxylic acids is 3. The van der Waals surface area contributed by atoms with Crippen LogP contribution in [0.15, 0.2) is 30.4 Å². The Kier molecular flexibility index (Phi) is 9.90. The number of hydrogen-bond donors (Lipinski definition) is 2. The van der Waals surface area contributed by atoms with Crippen LogP contribution >= 0.6 is 0 Å². The fourth-order valence-electron chi connectivity index (χ4n) is 8.16. The number of nitrogens with one attached hydrogen (secondary N) is 2. The van der Waals surface area contributed by atoms with E-state index in [0.717, 1.165) is 54.9 Å². The van der Waals surface area contributed by atoms with Gasteiger partial charge in [0.25, 0.3) is 5.91 Å². The van der Waals surface area contributed by atoms with Gasteiger partial charge < -0.3 is 24.4 Å². The molecule has 2 aliphatic carbocycles. The molecule has 282 valence electrons. The number of nitrogens with zero attached hydrogens (tertiary/aromatic N) is 2. The number of halogens is 1. The predicted octanol–water partition coefficient (Wildman–Crippen LogP) is 4.53. The Balaban J connectivity index is 1.19. The molecule has 0 bridgehead atoms. The SMILES string of the molecule is CC[C@H]1CC(=O)N2C[C@H](Oc3nc4c(c5cc(OC)ccc35)CCCO4)C[C@H]2C(=O)N[C@]2(C(=O)NS(=O)(=O)C3(CF)CC3)C[C@H]2/C=C\CC[C@H](C)C1. The lowest BCUT2D eigenvalue weighted by Gasteiger charge is -2.28. The third-order valence-electron chi connectivity index (χ3n) is 11.8. The molecule has 7 rings (SSSR count). The summed E-state index contributed by atoms with van der Waals surface area (Å²) in [6, 6.07) is 4.67. The number of fused-ring (bicyclic) bond motifs is 5. The molecule has 1 aromatic carbocycles. The van der Waals surface area contributed by atoms with E-state index in [2.05, 4.69) is 23.9 Å². The number of aryl methyl sites for hydroxylation is 1. The number of aromatic nitrogens is 1. The highest BCUT2D eigenvalue weighted by atomic mass is 32.2. The van der Waals surface area contributed by atoms with Crippen LogP contribution in [0.5, 0.6) is 17.5 Å². The van der Waals surface area contributed by atoms with E-state index in [0.29, 0.717) is 30.0 Å². The van der Waals surface area contributed by atoms with Crippen LogP contribution in [0.2, 0.25) is 0 Å². The Morgan fingerprint density at radius 1 is 1.21 bits per heavy atom. The number of rotatable bonds is 8. The monoisotopic (exact) mass is 740 g/mol. The van der Waals surface area contributed by atoms with Crippen molar-refractivity contribution in [3.8, 4) is 17.5 Å². The molecule has 0 spiro atoms. The fraction of sp³-hybridized carbons (Fsp3) is 0.632. The molecule has 14 heteroatoms. The summed E-state index contributed by atoms with van der Waals surface area (Å²) in [7, 11) is -2.71. The molecule has 3 aliphatic heterocycles. The first-order valence-corrected chi connectivity index (χ1v) is 20.1. The lowest BCUT2D eigenvalue weighted by Crippen LogP contribution is -2.57. The second kappa shape index (κ2) is 14.1. The molecule has 2 aromatic rings. The predicted molar refractivity (Wildman–Crippen MR) is 191 cm³/mol.